The fourth-order valence-electron chi connectivity index (χ4n) is 4.91. The molecule has 0 aliphatic rings. The second-order valence-corrected chi connectivity index (χ2v) is 12.9. The van der Waals surface area contributed by atoms with Crippen LogP contribution < -0.4 is 19.1 Å². The highest BCUT2D eigenvalue weighted by Gasteiger charge is 2.35. The predicted molar refractivity (Wildman–Crippen MR) is 180 cm³/mol. The summed E-state index contributed by atoms with van der Waals surface area (Å²) in [6.45, 7) is 1.45. The lowest BCUT2D eigenvalue weighted by molar-refractivity contribution is -0.140. The molecule has 9 nitrogen and oxygen atoms in total. The van der Waals surface area contributed by atoms with Crippen LogP contribution in [-0.4, -0.2) is 58.5 Å². The first-order chi connectivity index (χ1) is 22.1. The molecule has 12 heteroatoms. The van der Waals surface area contributed by atoms with Crippen LogP contribution in [0.1, 0.15) is 18.1 Å². The molecule has 1 N–H and O–H groups in total. The summed E-state index contributed by atoms with van der Waals surface area (Å²) < 4.78 is 40.1. The molecule has 4 rings (SSSR count). The number of sulfonamides is 1. The van der Waals surface area contributed by atoms with Crippen LogP contribution in [0.3, 0.4) is 0 Å². The number of hydrogen-bond acceptors (Lipinski definition) is 6. The maximum absolute atomic E-state index is 14.5. The van der Waals surface area contributed by atoms with Crippen molar-refractivity contribution in [1.29, 1.82) is 0 Å². The lowest BCUT2D eigenvalue weighted by atomic mass is 10.0. The number of hydrogen-bond donors (Lipinski definition) is 1. The Balaban J connectivity index is 1.84. The molecule has 0 saturated heterocycles. The Labute approximate surface area is 279 Å². The van der Waals surface area contributed by atoms with Gasteiger partial charge in [0.25, 0.3) is 10.0 Å². The zero-order valence-electron chi connectivity index (χ0n) is 25.7. The number of carbonyl (C=O) groups excluding carboxylic acids is 2. The third kappa shape index (κ3) is 8.31. The van der Waals surface area contributed by atoms with Crippen LogP contribution in [0.25, 0.3) is 0 Å². The minimum Gasteiger partial charge on any atom is -0.493 e. The number of halogens is 2. The van der Waals surface area contributed by atoms with Crippen molar-refractivity contribution < 1.29 is 27.5 Å². The normalized spacial score (nSPS) is 11.8. The van der Waals surface area contributed by atoms with Crippen LogP contribution >= 0.6 is 23.2 Å². The Morgan fingerprint density at radius 2 is 1.46 bits per heavy atom. The van der Waals surface area contributed by atoms with E-state index < -0.39 is 28.5 Å². The van der Waals surface area contributed by atoms with Gasteiger partial charge in [-0.05, 0) is 54.4 Å². The number of methoxy groups -OCH3 is 2. The maximum Gasteiger partial charge on any atom is 0.264 e. The van der Waals surface area contributed by atoms with Crippen molar-refractivity contribution in [2.24, 2.45) is 0 Å². The largest absolute Gasteiger partial charge is 0.493 e. The molecule has 0 bridgehead atoms. The molecule has 4 aromatic carbocycles. The third-order valence-electron chi connectivity index (χ3n) is 7.22. The van der Waals surface area contributed by atoms with Gasteiger partial charge in [0.05, 0.1) is 34.8 Å². The van der Waals surface area contributed by atoms with E-state index in [4.69, 9.17) is 32.7 Å². The molecule has 4 aromatic rings. The van der Waals surface area contributed by atoms with E-state index in [2.05, 4.69) is 5.32 Å². The summed E-state index contributed by atoms with van der Waals surface area (Å²) in [7, 11) is -1.38. The molecule has 0 spiro atoms. The van der Waals surface area contributed by atoms with Gasteiger partial charge in [-0.25, -0.2) is 8.42 Å². The number of nitrogens with zero attached hydrogens (tertiary/aromatic N) is 2. The highest BCUT2D eigenvalue weighted by Crippen LogP contribution is 2.34. The number of anilines is 1. The van der Waals surface area contributed by atoms with Crippen LogP contribution in [0.15, 0.2) is 102 Å². The van der Waals surface area contributed by atoms with Crippen molar-refractivity contribution in [3.63, 3.8) is 0 Å². The molecular weight excluding hydrogens is 649 g/mol. The third-order valence-corrected chi connectivity index (χ3v) is 9.75. The van der Waals surface area contributed by atoms with Gasteiger partial charge in [0, 0.05) is 25.6 Å². The Kier molecular flexibility index (Phi) is 11.9. The quantitative estimate of drug-likeness (QED) is 0.175. The van der Waals surface area contributed by atoms with Gasteiger partial charge in [-0.3, -0.25) is 13.9 Å². The molecule has 0 heterocycles. The van der Waals surface area contributed by atoms with Crippen molar-refractivity contribution in [3.8, 4) is 11.5 Å². The smallest absolute Gasteiger partial charge is 0.264 e. The number of carbonyl (C=O) groups is 2. The van der Waals surface area contributed by atoms with E-state index in [1.807, 2.05) is 30.3 Å². The summed E-state index contributed by atoms with van der Waals surface area (Å²) in [4.78, 5) is 29.5. The van der Waals surface area contributed by atoms with Crippen LogP contribution in [0.4, 0.5) is 5.69 Å². The molecule has 0 saturated carbocycles. The van der Waals surface area contributed by atoms with Gasteiger partial charge >= 0.3 is 0 Å². The summed E-state index contributed by atoms with van der Waals surface area (Å²) in [6, 6.07) is 25.6. The van der Waals surface area contributed by atoms with Crippen molar-refractivity contribution in [2.75, 3.05) is 31.6 Å². The number of benzene rings is 4. The molecule has 0 fully saturated rings. The number of amides is 2. The van der Waals surface area contributed by atoms with E-state index in [9.17, 15) is 18.0 Å². The number of rotatable bonds is 14. The van der Waals surface area contributed by atoms with E-state index in [1.54, 1.807) is 49.4 Å². The zero-order valence-corrected chi connectivity index (χ0v) is 28.0. The van der Waals surface area contributed by atoms with E-state index >= 15 is 0 Å². The standard InChI is InChI=1S/C34H35Cl2N3O6S/c1-4-37-34(41)30(20-24-11-7-5-8-12-24)38(22-25-15-17-28(35)29(36)19-25)33(40)23-39(46(42,43)27-13-9-6-10-14-27)26-16-18-31(44-2)32(21-26)45-3/h5-19,21,30H,4,20,22-23H2,1-3H3,(H,37,41)/t30-/m1/s1. The van der Waals surface area contributed by atoms with Gasteiger partial charge in [-0.1, -0.05) is 77.8 Å². The summed E-state index contributed by atoms with van der Waals surface area (Å²) in [5.74, 6) is -0.344. The summed E-state index contributed by atoms with van der Waals surface area (Å²) >= 11 is 12.5. The van der Waals surface area contributed by atoms with Crippen molar-refractivity contribution in [3.05, 3.63) is 118 Å². The van der Waals surface area contributed by atoms with Gasteiger partial charge in [0.1, 0.15) is 12.6 Å². The minimum atomic E-state index is -4.28. The molecule has 1 atom stereocenters. The zero-order chi connectivity index (χ0) is 33.3. The van der Waals surface area contributed by atoms with Crippen LogP contribution in [0.5, 0.6) is 11.5 Å². The molecule has 0 aliphatic heterocycles. The average Bonchev–Trinajstić information content (AvgIpc) is 3.07. The minimum absolute atomic E-state index is 0.0156. The highest BCUT2D eigenvalue weighted by molar-refractivity contribution is 7.92. The van der Waals surface area contributed by atoms with Gasteiger partial charge in [-0.2, -0.15) is 0 Å². The van der Waals surface area contributed by atoms with Gasteiger partial charge < -0.3 is 19.7 Å². The van der Waals surface area contributed by atoms with Crippen LogP contribution in [0, 0.1) is 0 Å². The molecule has 46 heavy (non-hydrogen) atoms. The molecule has 0 unspecified atom stereocenters. The summed E-state index contributed by atoms with van der Waals surface area (Å²) in [5, 5.41) is 3.45. The Hall–Kier alpha value is -4.25. The number of likely N-dealkylation sites (N-methyl/N-ethyl adjacent to an activating group) is 1. The Morgan fingerprint density at radius 3 is 2.07 bits per heavy atom. The highest BCUT2D eigenvalue weighted by atomic mass is 35.5. The van der Waals surface area contributed by atoms with Gasteiger partial charge in [0.2, 0.25) is 11.8 Å². The first kappa shape index (κ1) is 34.6. The first-order valence-electron chi connectivity index (χ1n) is 14.4. The van der Waals surface area contributed by atoms with Crippen LogP contribution in [0.2, 0.25) is 10.0 Å². The Bertz CT molecular complexity index is 1760. The molecular formula is C34H35Cl2N3O6S. The number of nitrogens with one attached hydrogen (secondary N) is 1. The average molecular weight is 685 g/mol. The first-order valence-corrected chi connectivity index (χ1v) is 16.6. The van der Waals surface area contributed by atoms with E-state index in [1.165, 1.54) is 43.4 Å². The lowest BCUT2D eigenvalue weighted by Crippen LogP contribution is -2.53. The topological polar surface area (TPSA) is 105 Å². The maximum atomic E-state index is 14.5. The van der Waals surface area contributed by atoms with Crippen LogP contribution in [-0.2, 0) is 32.6 Å². The van der Waals surface area contributed by atoms with E-state index in [0.29, 0.717) is 22.9 Å². The molecule has 0 aromatic heterocycles. The van der Waals surface area contributed by atoms with Crippen molar-refractivity contribution >= 4 is 50.7 Å². The molecule has 0 radical (unpaired) electrons. The Morgan fingerprint density at radius 1 is 0.804 bits per heavy atom. The molecule has 242 valence electrons. The lowest BCUT2D eigenvalue weighted by Gasteiger charge is -2.34. The van der Waals surface area contributed by atoms with Gasteiger partial charge in [0.15, 0.2) is 11.5 Å². The summed E-state index contributed by atoms with van der Waals surface area (Å²) in [5.41, 5.74) is 1.59. The second-order valence-electron chi connectivity index (χ2n) is 10.2. The second kappa shape index (κ2) is 15.8. The fraction of sp³-hybridized carbons (Fsp3) is 0.235. The van der Waals surface area contributed by atoms with Gasteiger partial charge in [-0.15, -0.1) is 0 Å². The van der Waals surface area contributed by atoms with Crippen molar-refractivity contribution in [1.82, 2.24) is 10.2 Å². The SMILES string of the molecule is CCNC(=O)[C@@H](Cc1ccccc1)N(Cc1ccc(Cl)c(Cl)c1)C(=O)CN(c1ccc(OC)c(OC)c1)S(=O)(=O)c1ccccc1. The van der Waals surface area contributed by atoms with E-state index in [-0.39, 0.29) is 40.2 Å². The monoisotopic (exact) mass is 683 g/mol. The van der Waals surface area contributed by atoms with E-state index in [0.717, 1.165) is 9.87 Å². The number of ether oxygens (including phenoxy) is 2. The predicted octanol–water partition coefficient (Wildman–Crippen LogP) is 5.98. The molecule has 0 aliphatic carbocycles. The fourth-order valence-corrected chi connectivity index (χ4v) is 6.66. The summed E-state index contributed by atoms with van der Waals surface area (Å²) in [6.07, 6.45) is 0.182. The van der Waals surface area contributed by atoms with Crippen molar-refractivity contribution in [2.45, 2.75) is 30.8 Å². The molecule has 2 amide bonds.